The summed E-state index contributed by atoms with van der Waals surface area (Å²) in [5.41, 5.74) is 11.6. The summed E-state index contributed by atoms with van der Waals surface area (Å²) in [5, 5.41) is 2.68. The van der Waals surface area contributed by atoms with Gasteiger partial charge in [-0.25, -0.2) is 4.79 Å². The van der Waals surface area contributed by atoms with Crippen LogP contribution in [0, 0.1) is 0 Å². The second kappa shape index (κ2) is 7.78. The summed E-state index contributed by atoms with van der Waals surface area (Å²) < 4.78 is 40.3. The Bertz CT molecular complexity index is 1270. The van der Waals surface area contributed by atoms with Crippen LogP contribution < -0.4 is 31.2 Å². The number of amides is 2. The Morgan fingerprint density at radius 1 is 1.16 bits per heavy atom. The number of halogens is 4. The molecule has 0 bridgehead atoms. The van der Waals surface area contributed by atoms with Gasteiger partial charge in [-0.15, -0.1) is 11.3 Å². The van der Waals surface area contributed by atoms with E-state index in [9.17, 15) is 18.0 Å². The molecule has 0 aliphatic carbocycles. The number of nitrogens with zero attached hydrogens (tertiary/aromatic N) is 3. The fourth-order valence-electron chi connectivity index (χ4n) is 3.22. The molecule has 2 heterocycles. The first-order valence-electron chi connectivity index (χ1n) is 8.88. The summed E-state index contributed by atoms with van der Waals surface area (Å²) in [7, 11) is 0. The van der Waals surface area contributed by atoms with Crippen LogP contribution in [0.2, 0.25) is 5.02 Å². The first kappa shape index (κ1) is 21.0. The molecule has 0 saturated heterocycles. The van der Waals surface area contributed by atoms with Gasteiger partial charge in [0.2, 0.25) is 0 Å². The molecule has 0 fully saturated rings. The van der Waals surface area contributed by atoms with Crippen LogP contribution in [0.25, 0.3) is 5.82 Å². The lowest BCUT2D eigenvalue weighted by Crippen LogP contribution is -2.41. The molecule has 2 amide bonds. The molecule has 3 aromatic rings. The van der Waals surface area contributed by atoms with Crippen molar-refractivity contribution in [2.24, 2.45) is 16.5 Å². The van der Waals surface area contributed by atoms with Gasteiger partial charge in [-0.3, -0.25) is 9.89 Å². The van der Waals surface area contributed by atoms with Crippen molar-refractivity contribution >= 4 is 51.9 Å². The van der Waals surface area contributed by atoms with Crippen LogP contribution >= 0.6 is 22.9 Å². The minimum atomic E-state index is -4.60. The van der Waals surface area contributed by atoms with E-state index in [1.54, 1.807) is 29.2 Å². The van der Waals surface area contributed by atoms with Crippen LogP contribution in [-0.4, -0.2) is 12.7 Å². The standard InChI is InChI=1S/C20H15ClF3N5OS/c21-15-6-1-11(20(22,23)24)9-16(15)29(19(26)30)13-4-2-12(3-5-13)28-10-27-18-14(17(28)25)7-8-31-18/h1-9H,10,25H2,(H2,26,30). The van der Waals surface area contributed by atoms with Crippen LogP contribution in [0.4, 0.5) is 35.0 Å². The van der Waals surface area contributed by atoms with E-state index in [4.69, 9.17) is 23.1 Å². The molecule has 11 heteroatoms. The van der Waals surface area contributed by atoms with Gasteiger partial charge >= 0.3 is 12.2 Å². The van der Waals surface area contributed by atoms with Crippen LogP contribution in [0.15, 0.2) is 58.9 Å². The number of carbonyl (C=O) groups excluding carboxylic acids is 1. The lowest BCUT2D eigenvalue weighted by Gasteiger charge is -2.26. The zero-order valence-corrected chi connectivity index (χ0v) is 17.3. The van der Waals surface area contributed by atoms with Crippen molar-refractivity contribution in [2.75, 3.05) is 16.5 Å². The molecule has 4 N–H and O–H groups in total. The molecule has 0 saturated carbocycles. The maximum Gasteiger partial charge on any atom is 0.416 e. The number of benzene rings is 2. The molecule has 0 spiro atoms. The van der Waals surface area contributed by atoms with Crippen molar-refractivity contribution in [1.82, 2.24) is 0 Å². The molecular weight excluding hydrogens is 451 g/mol. The van der Waals surface area contributed by atoms with Gasteiger partial charge in [-0.1, -0.05) is 11.6 Å². The summed E-state index contributed by atoms with van der Waals surface area (Å²) in [6.07, 6.45) is -4.60. The molecular formula is C20H15ClF3N5OS. The number of primary amides is 1. The minimum Gasteiger partial charge on any atom is -0.384 e. The lowest BCUT2D eigenvalue weighted by atomic mass is 10.1. The van der Waals surface area contributed by atoms with Gasteiger partial charge in [0, 0.05) is 5.69 Å². The lowest BCUT2D eigenvalue weighted by molar-refractivity contribution is -0.137. The van der Waals surface area contributed by atoms with Crippen LogP contribution in [0.1, 0.15) is 5.56 Å². The van der Waals surface area contributed by atoms with Gasteiger partial charge in [0.1, 0.15) is 17.2 Å². The van der Waals surface area contributed by atoms with Crippen molar-refractivity contribution in [3.05, 3.63) is 74.4 Å². The predicted molar refractivity (Wildman–Crippen MR) is 115 cm³/mol. The van der Waals surface area contributed by atoms with Gasteiger partial charge in [-0.05, 0) is 53.9 Å². The van der Waals surface area contributed by atoms with Gasteiger partial charge in [0.05, 0.1) is 27.2 Å². The summed E-state index contributed by atoms with van der Waals surface area (Å²) in [5.74, 6) is 0.534. The predicted octanol–water partition coefficient (Wildman–Crippen LogP) is 3.76. The Labute approximate surface area is 183 Å². The quantitative estimate of drug-likeness (QED) is 0.617. The van der Waals surface area contributed by atoms with Gasteiger partial charge in [0.25, 0.3) is 0 Å². The Balaban J connectivity index is 1.71. The van der Waals surface area contributed by atoms with Crippen molar-refractivity contribution in [3.63, 3.8) is 0 Å². The topological polar surface area (TPSA) is 88.0 Å². The van der Waals surface area contributed by atoms with E-state index in [2.05, 4.69) is 4.99 Å². The van der Waals surface area contributed by atoms with E-state index in [0.29, 0.717) is 18.2 Å². The maximum absolute atomic E-state index is 13.1. The van der Waals surface area contributed by atoms with E-state index in [0.717, 1.165) is 33.0 Å². The first-order chi connectivity index (χ1) is 14.7. The van der Waals surface area contributed by atoms with Gasteiger partial charge in [-0.2, -0.15) is 13.2 Å². The van der Waals surface area contributed by atoms with Crippen LogP contribution in [0.3, 0.4) is 0 Å². The van der Waals surface area contributed by atoms with Gasteiger partial charge in [0.15, 0.2) is 0 Å². The smallest absolute Gasteiger partial charge is 0.384 e. The Hall–Kier alpha value is -3.24. The average molecular weight is 466 g/mol. The van der Waals surface area contributed by atoms with Gasteiger partial charge < -0.3 is 16.4 Å². The zero-order valence-electron chi connectivity index (χ0n) is 15.7. The second-order valence-corrected chi connectivity index (χ2v) is 7.91. The number of anilines is 3. The van der Waals surface area contributed by atoms with E-state index >= 15 is 0 Å². The summed E-state index contributed by atoms with van der Waals surface area (Å²) in [4.78, 5) is 19.3. The fourth-order valence-corrected chi connectivity index (χ4v) is 4.19. The Morgan fingerprint density at radius 3 is 2.52 bits per heavy atom. The molecule has 0 unspecified atom stereocenters. The number of carbonyl (C=O) groups is 1. The molecule has 0 radical (unpaired) electrons. The highest BCUT2D eigenvalue weighted by atomic mass is 35.5. The molecule has 0 atom stereocenters. The van der Waals surface area contributed by atoms with E-state index in [1.807, 2.05) is 11.4 Å². The number of rotatable bonds is 3. The number of urea groups is 1. The highest BCUT2D eigenvalue weighted by Gasteiger charge is 2.32. The third-order valence-electron chi connectivity index (χ3n) is 4.72. The Morgan fingerprint density at radius 2 is 1.87 bits per heavy atom. The number of fused-ring (bicyclic) bond motifs is 1. The second-order valence-electron chi connectivity index (χ2n) is 6.61. The SMILES string of the molecule is NC(=O)N(c1ccc(N2CN=c3sccc3=C2N)cc1)c1cc(C(F)(F)F)ccc1Cl. The summed E-state index contributed by atoms with van der Waals surface area (Å²) in [6.45, 7) is 0.317. The van der Waals surface area contributed by atoms with Crippen molar-refractivity contribution in [2.45, 2.75) is 6.18 Å². The highest BCUT2D eigenvalue weighted by molar-refractivity contribution is 7.07. The highest BCUT2D eigenvalue weighted by Crippen LogP contribution is 2.38. The third-order valence-corrected chi connectivity index (χ3v) is 5.89. The average Bonchev–Trinajstić information content (AvgIpc) is 3.19. The van der Waals surface area contributed by atoms with Crippen LogP contribution in [0.5, 0.6) is 0 Å². The largest absolute Gasteiger partial charge is 0.416 e. The maximum atomic E-state index is 13.1. The number of nitrogens with two attached hydrogens (primary N) is 2. The van der Waals surface area contributed by atoms with Crippen molar-refractivity contribution in [3.8, 4) is 0 Å². The monoisotopic (exact) mass is 465 g/mol. The Kier molecular flexibility index (Phi) is 5.28. The van der Waals surface area contributed by atoms with Crippen molar-refractivity contribution < 1.29 is 18.0 Å². The molecule has 4 rings (SSSR count). The summed E-state index contributed by atoms with van der Waals surface area (Å²) in [6, 6.07) is 10.0. The number of hydrogen-bond donors (Lipinski definition) is 2. The van der Waals surface area contributed by atoms with E-state index in [-0.39, 0.29) is 16.4 Å². The third kappa shape index (κ3) is 3.91. The van der Waals surface area contributed by atoms with Crippen LogP contribution in [-0.2, 0) is 6.18 Å². The normalized spacial score (nSPS) is 13.5. The zero-order chi connectivity index (χ0) is 22.3. The molecule has 6 nitrogen and oxygen atoms in total. The molecule has 2 aromatic carbocycles. The molecule has 1 aliphatic heterocycles. The number of hydrogen-bond acceptors (Lipinski definition) is 5. The fraction of sp³-hybridized carbons (Fsp3) is 0.100. The molecule has 160 valence electrons. The summed E-state index contributed by atoms with van der Waals surface area (Å²) >= 11 is 7.58. The molecule has 31 heavy (non-hydrogen) atoms. The van der Waals surface area contributed by atoms with E-state index < -0.39 is 17.8 Å². The molecule has 1 aromatic heterocycles. The number of alkyl halides is 3. The molecule has 1 aliphatic rings. The first-order valence-corrected chi connectivity index (χ1v) is 10.1. The van der Waals surface area contributed by atoms with Crippen molar-refractivity contribution in [1.29, 1.82) is 0 Å². The number of thiophene rings is 1. The van der Waals surface area contributed by atoms with E-state index in [1.165, 1.54) is 11.3 Å². The minimum absolute atomic E-state index is 0.0479.